The number of methoxy groups -OCH3 is 1. The van der Waals surface area contributed by atoms with Gasteiger partial charge in [-0.05, 0) is 24.7 Å². The van der Waals surface area contributed by atoms with Gasteiger partial charge in [-0.15, -0.1) is 0 Å². The zero-order chi connectivity index (χ0) is 9.57. The second kappa shape index (κ2) is 5.61. The molecule has 0 aliphatic heterocycles. The zero-order valence-electron chi connectivity index (χ0n) is 8.72. The van der Waals surface area contributed by atoms with Gasteiger partial charge in [-0.25, -0.2) is 0 Å². The maximum absolute atomic E-state index is 9.44. The fraction of sp³-hybridized carbons (Fsp3) is 1.00. The van der Waals surface area contributed by atoms with E-state index < -0.39 is 0 Å². The van der Waals surface area contributed by atoms with Crippen LogP contribution in [-0.4, -0.2) is 25.4 Å². The Morgan fingerprint density at radius 3 is 2.23 bits per heavy atom. The van der Waals surface area contributed by atoms with Gasteiger partial charge in [0.2, 0.25) is 0 Å². The van der Waals surface area contributed by atoms with Crippen LogP contribution in [-0.2, 0) is 4.74 Å². The lowest BCUT2D eigenvalue weighted by Gasteiger charge is -2.30. The predicted octanol–water partition coefficient (Wildman–Crippen LogP) is 2.36. The van der Waals surface area contributed by atoms with Crippen molar-refractivity contribution in [3.05, 3.63) is 0 Å². The summed E-state index contributed by atoms with van der Waals surface area (Å²) in [7, 11) is 1.74. The first-order valence-electron chi connectivity index (χ1n) is 5.43. The Labute approximate surface area is 81.3 Å². The van der Waals surface area contributed by atoms with Crippen LogP contribution in [0.2, 0.25) is 0 Å². The third-order valence-electron chi connectivity index (χ3n) is 3.34. The Kier molecular flexibility index (Phi) is 4.74. The van der Waals surface area contributed by atoms with Gasteiger partial charge >= 0.3 is 0 Å². The van der Waals surface area contributed by atoms with E-state index in [4.69, 9.17) is 4.74 Å². The van der Waals surface area contributed by atoms with Crippen LogP contribution in [0.4, 0.5) is 0 Å². The molecule has 0 unspecified atom stereocenters. The second-order valence-corrected chi connectivity index (χ2v) is 4.32. The van der Waals surface area contributed by atoms with Crippen LogP contribution < -0.4 is 0 Å². The molecule has 0 atom stereocenters. The van der Waals surface area contributed by atoms with Crippen LogP contribution in [0, 0.1) is 5.41 Å². The third-order valence-corrected chi connectivity index (χ3v) is 3.34. The smallest absolute Gasteiger partial charge is 0.0488 e. The van der Waals surface area contributed by atoms with Crippen molar-refractivity contribution in [2.45, 2.75) is 44.9 Å². The van der Waals surface area contributed by atoms with Crippen LogP contribution in [0.25, 0.3) is 0 Å². The summed E-state index contributed by atoms with van der Waals surface area (Å²) in [6.45, 7) is 1.14. The van der Waals surface area contributed by atoms with Crippen molar-refractivity contribution in [2.75, 3.05) is 20.3 Å². The average molecular weight is 186 g/mol. The molecular weight excluding hydrogens is 164 g/mol. The molecule has 1 rings (SSSR count). The molecule has 0 aromatic rings. The third kappa shape index (κ3) is 3.28. The van der Waals surface area contributed by atoms with Gasteiger partial charge < -0.3 is 9.84 Å². The first kappa shape index (κ1) is 11.0. The Hall–Kier alpha value is -0.0800. The molecule has 1 N–H and O–H groups in total. The minimum absolute atomic E-state index is 0.187. The summed E-state index contributed by atoms with van der Waals surface area (Å²) in [6, 6.07) is 0. The summed E-state index contributed by atoms with van der Waals surface area (Å²) in [4.78, 5) is 0. The maximum Gasteiger partial charge on any atom is 0.0488 e. The normalized spacial score (nSPS) is 22.6. The lowest BCUT2D eigenvalue weighted by Crippen LogP contribution is -2.26. The van der Waals surface area contributed by atoms with Gasteiger partial charge in [0.15, 0.2) is 0 Å². The summed E-state index contributed by atoms with van der Waals surface area (Å²) in [5, 5.41) is 9.44. The summed E-state index contributed by atoms with van der Waals surface area (Å²) >= 11 is 0. The molecule has 78 valence electrons. The maximum atomic E-state index is 9.44. The second-order valence-electron chi connectivity index (χ2n) is 4.32. The average Bonchev–Trinajstić information content (AvgIpc) is 2.41. The van der Waals surface area contributed by atoms with Crippen molar-refractivity contribution in [2.24, 2.45) is 5.41 Å². The quantitative estimate of drug-likeness (QED) is 0.683. The minimum Gasteiger partial charge on any atom is -0.396 e. The monoisotopic (exact) mass is 186 g/mol. The molecule has 0 saturated heterocycles. The molecule has 2 nitrogen and oxygen atoms in total. The molecule has 0 radical (unpaired) electrons. The molecule has 0 amide bonds. The van der Waals surface area contributed by atoms with Crippen molar-refractivity contribution >= 4 is 0 Å². The van der Waals surface area contributed by atoms with E-state index in [-0.39, 0.29) is 5.41 Å². The number of aliphatic hydroxyl groups is 1. The van der Waals surface area contributed by atoms with Gasteiger partial charge in [0, 0.05) is 20.3 Å². The highest BCUT2D eigenvalue weighted by Gasteiger charge is 2.29. The van der Waals surface area contributed by atoms with Crippen LogP contribution >= 0.6 is 0 Å². The summed E-state index contributed by atoms with van der Waals surface area (Å²) in [5.41, 5.74) is 0.187. The van der Waals surface area contributed by atoms with Crippen molar-refractivity contribution in [3.8, 4) is 0 Å². The highest BCUT2D eigenvalue weighted by Crippen LogP contribution is 2.37. The van der Waals surface area contributed by atoms with Gasteiger partial charge in [-0.2, -0.15) is 0 Å². The molecular formula is C11H22O2. The predicted molar refractivity (Wildman–Crippen MR) is 53.7 cm³/mol. The fourth-order valence-corrected chi connectivity index (χ4v) is 2.28. The van der Waals surface area contributed by atoms with Gasteiger partial charge in [-0.1, -0.05) is 25.7 Å². The van der Waals surface area contributed by atoms with E-state index >= 15 is 0 Å². The largest absolute Gasteiger partial charge is 0.396 e. The number of hydrogen-bond acceptors (Lipinski definition) is 2. The molecule has 2 heteroatoms. The van der Waals surface area contributed by atoms with Crippen LogP contribution in [0.5, 0.6) is 0 Å². The van der Waals surface area contributed by atoms with Gasteiger partial charge in [-0.3, -0.25) is 0 Å². The number of ether oxygens (including phenoxy) is 1. The van der Waals surface area contributed by atoms with Crippen molar-refractivity contribution in [1.82, 2.24) is 0 Å². The Balaban J connectivity index is 2.43. The first-order valence-corrected chi connectivity index (χ1v) is 5.43. The molecule has 1 fully saturated rings. The zero-order valence-corrected chi connectivity index (χ0v) is 8.72. The van der Waals surface area contributed by atoms with E-state index in [1.807, 2.05) is 0 Å². The molecule has 0 aromatic carbocycles. The van der Waals surface area contributed by atoms with E-state index in [0.29, 0.717) is 6.61 Å². The van der Waals surface area contributed by atoms with E-state index in [1.54, 1.807) is 7.11 Å². The highest BCUT2D eigenvalue weighted by molar-refractivity contribution is 4.80. The van der Waals surface area contributed by atoms with E-state index in [0.717, 1.165) is 13.0 Å². The summed E-state index contributed by atoms with van der Waals surface area (Å²) in [5.74, 6) is 0. The fourth-order valence-electron chi connectivity index (χ4n) is 2.28. The molecule has 1 aliphatic carbocycles. The Morgan fingerprint density at radius 2 is 1.77 bits per heavy atom. The van der Waals surface area contributed by atoms with E-state index in [9.17, 15) is 5.11 Å². The highest BCUT2D eigenvalue weighted by atomic mass is 16.5. The van der Waals surface area contributed by atoms with Crippen molar-refractivity contribution in [1.29, 1.82) is 0 Å². The first-order chi connectivity index (χ1) is 6.33. The minimum atomic E-state index is 0.187. The molecule has 1 saturated carbocycles. The molecule has 1 aliphatic rings. The molecule has 13 heavy (non-hydrogen) atoms. The lowest BCUT2D eigenvalue weighted by molar-refractivity contribution is 0.0626. The van der Waals surface area contributed by atoms with Crippen LogP contribution in [0.3, 0.4) is 0 Å². The van der Waals surface area contributed by atoms with Gasteiger partial charge in [0.05, 0.1) is 0 Å². The Bertz CT molecular complexity index is 126. The van der Waals surface area contributed by atoms with Gasteiger partial charge in [0.25, 0.3) is 0 Å². The number of hydrogen-bond donors (Lipinski definition) is 1. The van der Waals surface area contributed by atoms with Crippen LogP contribution in [0.15, 0.2) is 0 Å². The topological polar surface area (TPSA) is 29.5 Å². The number of aliphatic hydroxyl groups excluding tert-OH is 1. The SMILES string of the molecule is COCCC1(CO)CCCCCC1. The standard InChI is InChI=1S/C11H22O2/c1-13-9-8-11(10-12)6-4-2-3-5-7-11/h12H,2-10H2,1H3. The Morgan fingerprint density at radius 1 is 1.15 bits per heavy atom. The van der Waals surface area contributed by atoms with Crippen molar-refractivity contribution < 1.29 is 9.84 Å². The molecule has 0 spiro atoms. The van der Waals surface area contributed by atoms with Gasteiger partial charge in [0.1, 0.15) is 0 Å². The number of rotatable bonds is 4. The van der Waals surface area contributed by atoms with Crippen LogP contribution in [0.1, 0.15) is 44.9 Å². The van der Waals surface area contributed by atoms with E-state index in [2.05, 4.69) is 0 Å². The van der Waals surface area contributed by atoms with E-state index in [1.165, 1.54) is 38.5 Å². The van der Waals surface area contributed by atoms with Crippen molar-refractivity contribution in [3.63, 3.8) is 0 Å². The molecule has 0 aromatic heterocycles. The molecule has 0 heterocycles. The summed E-state index contributed by atoms with van der Waals surface area (Å²) < 4.78 is 5.10. The summed E-state index contributed by atoms with van der Waals surface area (Å²) in [6.07, 6.45) is 8.65. The molecule has 0 bridgehead atoms. The lowest BCUT2D eigenvalue weighted by atomic mass is 9.78.